The van der Waals surface area contributed by atoms with Crippen molar-refractivity contribution in [3.05, 3.63) is 59.7 Å². The van der Waals surface area contributed by atoms with E-state index in [9.17, 15) is 9.59 Å². The van der Waals surface area contributed by atoms with Crippen molar-refractivity contribution < 1.29 is 9.59 Å². The maximum Gasteiger partial charge on any atom is 0.238 e. The Hall–Kier alpha value is -2.37. The smallest absolute Gasteiger partial charge is 0.238 e. The highest BCUT2D eigenvalue weighted by Gasteiger charge is 2.08. The molecule has 0 bridgehead atoms. The monoisotopic (exact) mass is 375 g/mol. The molecular formula is C20H26ClN3O2. The van der Waals surface area contributed by atoms with Crippen LogP contribution in [-0.4, -0.2) is 24.9 Å². The van der Waals surface area contributed by atoms with E-state index in [4.69, 9.17) is 0 Å². The zero-order valence-electron chi connectivity index (χ0n) is 15.2. The van der Waals surface area contributed by atoms with Gasteiger partial charge in [-0.1, -0.05) is 50.2 Å². The van der Waals surface area contributed by atoms with Gasteiger partial charge in [-0.3, -0.25) is 14.9 Å². The lowest BCUT2D eigenvalue weighted by Gasteiger charge is -2.11. The van der Waals surface area contributed by atoms with E-state index in [2.05, 4.69) is 16.0 Å². The summed E-state index contributed by atoms with van der Waals surface area (Å²) in [6, 6.07) is 15.4. The number of para-hydroxylation sites is 2. The Morgan fingerprint density at radius 1 is 0.731 bits per heavy atom. The van der Waals surface area contributed by atoms with E-state index in [1.807, 2.05) is 62.4 Å². The lowest BCUT2D eigenvalue weighted by molar-refractivity contribution is -0.116. The van der Waals surface area contributed by atoms with Crippen LogP contribution in [0.25, 0.3) is 0 Å². The fourth-order valence-corrected chi connectivity index (χ4v) is 2.58. The van der Waals surface area contributed by atoms with Crippen molar-refractivity contribution in [3.8, 4) is 0 Å². The molecule has 0 radical (unpaired) electrons. The fraction of sp³-hybridized carbons (Fsp3) is 0.300. The van der Waals surface area contributed by atoms with Crippen molar-refractivity contribution in [2.24, 2.45) is 0 Å². The normalized spacial score (nSPS) is 9.92. The maximum atomic E-state index is 12.0. The Kier molecular flexibility index (Phi) is 9.41. The molecular weight excluding hydrogens is 350 g/mol. The number of anilines is 2. The van der Waals surface area contributed by atoms with Crippen LogP contribution in [0.3, 0.4) is 0 Å². The number of carbonyl (C=O) groups excluding carboxylic acids is 2. The van der Waals surface area contributed by atoms with Crippen LogP contribution in [0.15, 0.2) is 48.5 Å². The van der Waals surface area contributed by atoms with Crippen LogP contribution in [-0.2, 0) is 22.4 Å². The average molecular weight is 376 g/mol. The largest absolute Gasteiger partial charge is 0.325 e. The third-order valence-electron chi connectivity index (χ3n) is 3.92. The number of aryl methyl sites for hydroxylation is 2. The molecule has 0 atom stereocenters. The molecule has 0 heterocycles. The first kappa shape index (κ1) is 21.7. The first-order chi connectivity index (χ1) is 12.1. The molecule has 0 aliphatic carbocycles. The molecule has 3 N–H and O–H groups in total. The average Bonchev–Trinajstić information content (AvgIpc) is 2.62. The van der Waals surface area contributed by atoms with Gasteiger partial charge in [0.25, 0.3) is 0 Å². The lowest BCUT2D eigenvalue weighted by atomic mass is 10.1. The van der Waals surface area contributed by atoms with Gasteiger partial charge in [0.05, 0.1) is 13.1 Å². The van der Waals surface area contributed by atoms with Crippen molar-refractivity contribution in [2.75, 3.05) is 23.7 Å². The summed E-state index contributed by atoms with van der Waals surface area (Å²) in [7, 11) is 0. The molecule has 26 heavy (non-hydrogen) atoms. The van der Waals surface area contributed by atoms with Crippen LogP contribution < -0.4 is 16.0 Å². The van der Waals surface area contributed by atoms with Crippen LogP contribution >= 0.6 is 12.4 Å². The quantitative estimate of drug-likeness (QED) is 0.662. The standard InChI is InChI=1S/C20H25N3O2.ClH/c1-3-15-9-5-7-11-17(15)22-19(24)13-21-14-20(25)23-18-12-8-6-10-16(18)4-2;/h5-12,21H,3-4,13-14H2,1-2H3,(H,22,24)(H,23,25);1H. The number of halogens is 1. The van der Waals surface area contributed by atoms with Crippen molar-refractivity contribution in [2.45, 2.75) is 26.7 Å². The highest BCUT2D eigenvalue weighted by molar-refractivity contribution is 5.95. The molecule has 0 unspecified atom stereocenters. The van der Waals surface area contributed by atoms with E-state index in [0.717, 1.165) is 35.3 Å². The zero-order chi connectivity index (χ0) is 18.1. The summed E-state index contributed by atoms with van der Waals surface area (Å²) < 4.78 is 0. The molecule has 0 saturated heterocycles. The van der Waals surface area contributed by atoms with Crippen molar-refractivity contribution in [3.63, 3.8) is 0 Å². The molecule has 0 spiro atoms. The number of amides is 2. The molecule has 0 fully saturated rings. The minimum Gasteiger partial charge on any atom is -0.325 e. The van der Waals surface area contributed by atoms with E-state index < -0.39 is 0 Å². The molecule has 2 amide bonds. The van der Waals surface area contributed by atoms with E-state index >= 15 is 0 Å². The number of hydrogen-bond acceptors (Lipinski definition) is 3. The Morgan fingerprint density at radius 2 is 1.12 bits per heavy atom. The minimum absolute atomic E-state index is 0. The first-order valence-electron chi connectivity index (χ1n) is 8.60. The van der Waals surface area contributed by atoms with Crippen LogP contribution in [0.2, 0.25) is 0 Å². The Morgan fingerprint density at radius 3 is 1.50 bits per heavy atom. The number of carbonyl (C=O) groups is 2. The number of nitrogens with one attached hydrogen (secondary N) is 3. The Labute approximate surface area is 161 Å². The molecule has 2 aromatic rings. The third kappa shape index (κ3) is 6.50. The Bertz CT molecular complexity index is 673. The van der Waals surface area contributed by atoms with Gasteiger partial charge in [-0.05, 0) is 36.1 Å². The topological polar surface area (TPSA) is 70.2 Å². The zero-order valence-corrected chi connectivity index (χ0v) is 16.0. The summed E-state index contributed by atoms with van der Waals surface area (Å²) in [6.07, 6.45) is 1.70. The predicted molar refractivity (Wildman–Crippen MR) is 109 cm³/mol. The molecule has 0 aliphatic heterocycles. The van der Waals surface area contributed by atoms with Gasteiger partial charge in [0.15, 0.2) is 0 Å². The summed E-state index contributed by atoms with van der Waals surface area (Å²) >= 11 is 0. The van der Waals surface area contributed by atoms with E-state index in [1.54, 1.807) is 0 Å². The van der Waals surface area contributed by atoms with Crippen molar-refractivity contribution in [1.29, 1.82) is 0 Å². The van der Waals surface area contributed by atoms with Crippen molar-refractivity contribution >= 4 is 35.6 Å². The number of hydrogen-bond donors (Lipinski definition) is 3. The molecule has 0 aliphatic rings. The second kappa shape index (κ2) is 11.3. The second-order valence-electron chi connectivity index (χ2n) is 5.72. The third-order valence-corrected chi connectivity index (χ3v) is 3.92. The highest BCUT2D eigenvalue weighted by atomic mass is 35.5. The van der Waals surface area contributed by atoms with Gasteiger partial charge in [0.2, 0.25) is 11.8 Å². The van der Waals surface area contributed by atoms with Gasteiger partial charge in [-0.2, -0.15) is 0 Å². The molecule has 5 nitrogen and oxygen atoms in total. The van der Waals surface area contributed by atoms with Gasteiger partial charge in [0.1, 0.15) is 0 Å². The molecule has 2 rings (SSSR count). The summed E-state index contributed by atoms with van der Waals surface area (Å²) in [5.74, 6) is -0.328. The van der Waals surface area contributed by atoms with Gasteiger partial charge < -0.3 is 10.6 Å². The van der Waals surface area contributed by atoms with Crippen LogP contribution in [0, 0.1) is 0 Å². The number of benzene rings is 2. The van der Waals surface area contributed by atoms with Gasteiger partial charge in [-0.15, -0.1) is 12.4 Å². The first-order valence-corrected chi connectivity index (χ1v) is 8.60. The number of rotatable bonds is 8. The van der Waals surface area contributed by atoms with Crippen LogP contribution in [0.1, 0.15) is 25.0 Å². The van der Waals surface area contributed by atoms with Crippen LogP contribution in [0.4, 0.5) is 11.4 Å². The summed E-state index contributed by atoms with van der Waals surface area (Å²) in [4.78, 5) is 24.0. The van der Waals surface area contributed by atoms with E-state index in [-0.39, 0.29) is 37.3 Å². The molecule has 6 heteroatoms. The van der Waals surface area contributed by atoms with Gasteiger partial charge in [-0.25, -0.2) is 0 Å². The summed E-state index contributed by atoms with van der Waals surface area (Å²) in [6.45, 7) is 4.26. The second-order valence-corrected chi connectivity index (χ2v) is 5.72. The molecule has 0 saturated carbocycles. The summed E-state index contributed by atoms with van der Waals surface area (Å²) in [5, 5.41) is 8.62. The minimum atomic E-state index is -0.164. The molecule has 0 aromatic heterocycles. The lowest BCUT2D eigenvalue weighted by Crippen LogP contribution is -2.34. The van der Waals surface area contributed by atoms with Crippen molar-refractivity contribution in [1.82, 2.24) is 5.32 Å². The predicted octanol–water partition coefficient (Wildman–Crippen LogP) is 3.40. The Balaban J connectivity index is 0.00000338. The summed E-state index contributed by atoms with van der Waals surface area (Å²) in [5.41, 5.74) is 3.81. The van der Waals surface area contributed by atoms with E-state index in [1.165, 1.54) is 0 Å². The SMILES string of the molecule is CCc1ccccc1NC(=O)CNCC(=O)Nc1ccccc1CC.Cl. The molecule has 2 aromatic carbocycles. The van der Waals surface area contributed by atoms with E-state index in [0.29, 0.717) is 0 Å². The maximum absolute atomic E-state index is 12.0. The fourth-order valence-electron chi connectivity index (χ4n) is 2.58. The van der Waals surface area contributed by atoms with Gasteiger partial charge >= 0.3 is 0 Å². The highest BCUT2D eigenvalue weighted by Crippen LogP contribution is 2.15. The molecule has 140 valence electrons. The van der Waals surface area contributed by atoms with Crippen LogP contribution in [0.5, 0.6) is 0 Å². The van der Waals surface area contributed by atoms with Gasteiger partial charge in [0, 0.05) is 11.4 Å².